The molecule has 0 aromatic heterocycles. The third kappa shape index (κ3) is 5.34. The lowest BCUT2D eigenvalue weighted by Crippen LogP contribution is -2.28. The number of amides is 1. The van der Waals surface area contributed by atoms with E-state index >= 15 is 0 Å². The largest absolute Gasteiger partial charge is 0.308 e. The van der Waals surface area contributed by atoms with Crippen LogP contribution < -0.4 is 9.62 Å². The van der Waals surface area contributed by atoms with Crippen LogP contribution in [0.1, 0.15) is 46.5 Å². The number of nitrogens with zero attached hydrogens (tertiary/aromatic N) is 1. The van der Waals surface area contributed by atoms with Crippen LogP contribution in [-0.2, 0) is 29.4 Å². The Bertz CT molecular complexity index is 1250. The molecule has 0 atom stereocenters. The molecule has 172 valence electrons. The van der Waals surface area contributed by atoms with Crippen molar-refractivity contribution in [2.24, 2.45) is 5.92 Å². The Hall–Kier alpha value is -2.96. The second kappa shape index (κ2) is 9.49. The number of anilines is 1. The number of carbonyl (C=O) groups excluding carboxylic acids is 1. The Balaban J connectivity index is 1.43. The fraction of sp³-hybridized carbons (Fsp3) is 0.296. The monoisotopic (exact) mass is 462 g/mol. The van der Waals surface area contributed by atoms with Crippen LogP contribution in [-0.4, -0.2) is 20.9 Å². The van der Waals surface area contributed by atoms with Gasteiger partial charge in [-0.2, -0.15) is 0 Å². The second-order valence-corrected chi connectivity index (χ2v) is 10.9. The van der Waals surface area contributed by atoms with E-state index in [1.807, 2.05) is 61.5 Å². The average Bonchev–Trinajstić information content (AvgIpc) is 3.21. The van der Waals surface area contributed by atoms with Gasteiger partial charge in [0.05, 0.1) is 4.90 Å². The highest BCUT2D eigenvalue weighted by atomic mass is 32.2. The molecule has 0 saturated carbocycles. The molecule has 3 aromatic rings. The smallest absolute Gasteiger partial charge is 0.258 e. The molecule has 0 bridgehead atoms. The van der Waals surface area contributed by atoms with Crippen LogP contribution in [0.5, 0.6) is 0 Å². The summed E-state index contributed by atoms with van der Waals surface area (Å²) in [5, 5.41) is 0. The maximum Gasteiger partial charge on any atom is 0.258 e. The third-order valence-electron chi connectivity index (χ3n) is 5.93. The highest BCUT2D eigenvalue weighted by Crippen LogP contribution is 2.30. The number of benzene rings is 3. The van der Waals surface area contributed by atoms with Gasteiger partial charge in [0.25, 0.3) is 5.91 Å². The Morgan fingerprint density at radius 2 is 1.64 bits per heavy atom. The molecule has 1 aliphatic heterocycles. The molecule has 1 heterocycles. The molecule has 4 rings (SSSR count). The van der Waals surface area contributed by atoms with Gasteiger partial charge >= 0.3 is 0 Å². The van der Waals surface area contributed by atoms with E-state index in [1.54, 1.807) is 17.0 Å². The highest BCUT2D eigenvalue weighted by molar-refractivity contribution is 7.89. The lowest BCUT2D eigenvalue weighted by Gasteiger charge is -2.18. The lowest BCUT2D eigenvalue weighted by molar-refractivity contribution is 0.0989. The van der Waals surface area contributed by atoms with E-state index in [4.69, 9.17) is 0 Å². The van der Waals surface area contributed by atoms with Gasteiger partial charge in [0, 0.05) is 24.3 Å². The third-order valence-corrected chi connectivity index (χ3v) is 7.34. The number of aryl methyl sites for hydroxylation is 1. The fourth-order valence-electron chi connectivity index (χ4n) is 4.17. The molecule has 0 aliphatic carbocycles. The van der Waals surface area contributed by atoms with E-state index in [-0.39, 0.29) is 17.3 Å². The zero-order chi connectivity index (χ0) is 23.6. The molecule has 6 heteroatoms. The van der Waals surface area contributed by atoms with Gasteiger partial charge in [-0.1, -0.05) is 55.8 Å². The van der Waals surface area contributed by atoms with E-state index in [0.717, 1.165) is 40.8 Å². The fourth-order valence-corrected chi connectivity index (χ4v) is 5.18. The van der Waals surface area contributed by atoms with Gasteiger partial charge in [-0.15, -0.1) is 0 Å². The lowest BCUT2D eigenvalue weighted by atomic mass is 10.0. The standard InChI is InChI=1S/C27H30N2O3S/c1-19(2)16-21-6-11-25(12-7-21)33(31,32)28-18-22-8-13-26-24(17-22)14-15-29(26)27(30)23-9-4-20(3)5-10-23/h4-13,17,19,28H,14-16,18H2,1-3H3. The summed E-state index contributed by atoms with van der Waals surface area (Å²) in [7, 11) is -3.60. The number of hydrogen-bond acceptors (Lipinski definition) is 3. The predicted octanol–water partition coefficient (Wildman–Crippen LogP) is 4.87. The zero-order valence-corrected chi connectivity index (χ0v) is 20.2. The SMILES string of the molecule is Cc1ccc(C(=O)N2CCc3cc(CNS(=O)(=O)c4ccc(CC(C)C)cc4)ccc32)cc1. The van der Waals surface area contributed by atoms with Crippen LogP contribution in [0.4, 0.5) is 5.69 Å². The van der Waals surface area contributed by atoms with Gasteiger partial charge in [-0.3, -0.25) is 4.79 Å². The molecule has 0 spiro atoms. The normalized spacial score (nSPS) is 13.4. The number of carbonyl (C=O) groups is 1. The van der Waals surface area contributed by atoms with E-state index in [0.29, 0.717) is 18.0 Å². The maximum atomic E-state index is 12.9. The van der Waals surface area contributed by atoms with Gasteiger partial charge in [-0.05, 0) is 72.7 Å². The van der Waals surface area contributed by atoms with Gasteiger partial charge in [0.2, 0.25) is 10.0 Å². The van der Waals surface area contributed by atoms with Crippen LogP contribution >= 0.6 is 0 Å². The zero-order valence-electron chi connectivity index (χ0n) is 19.3. The molecule has 0 saturated heterocycles. The molecule has 1 amide bonds. The van der Waals surface area contributed by atoms with Crippen molar-refractivity contribution in [3.63, 3.8) is 0 Å². The molecular weight excluding hydrogens is 432 g/mol. The molecule has 1 aliphatic rings. The second-order valence-electron chi connectivity index (χ2n) is 9.10. The van der Waals surface area contributed by atoms with Crippen molar-refractivity contribution in [2.75, 3.05) is 11.4 Å². The van der Waals surface area contributed by atoms with Gasteiger partial charge in [0.15, 0.2) is 0 Å². The van der Waals surface area contributed by atoms with E-state index in [2.05, 4.69) is 18.6 Å². The quantitative estimate of drug-likeness (QED) is 0.544. The summed E-state index contributed by atoms with van der Waals surface area (Å²) in [6.45, 7) is 7.10. The predicted molar refractivity (Wildman–Crippen MR) is 132 cm³/mol. The summed E-state index contributed by atoms with van der Waals surface area (Å²) in [4.78, 5) is 15.0. The van der Waals surface area contributed by atoms with Crippen LogP contribution in [0.3, 0.4) is 0 Å². The topological polar surface area (TPSA) is 66.5 Å². The molecule has 33 heavy (non-hydrogen) atoms. The molecule has 5 nitrogen and oxygen atoms in total. The van der Waals surface area contributed by atoms with Crippen molar-refractivity contribution in [1.82, 2.24) is 4.72 Å². The number of rotatable bonds is 7. The number of nitrogens with one attached hydrogen (secondary N) is 1. The van der Waals surface area contributed by atoms with Crippen LogP contribution in [0, 0.1) is 12.8 Å². The first kappa shape index (κ1) is 23.2. The van der Waals surface area contributed by atoms with Crippen molar-refractivity contribution >= 4 is 21.6 Å². The number of hydrogen-bond donors (Lipinski definition) is 1. The Kier molecular flexibility index (Phi) is 6.68. The number of sulfonamides is 1. The van der Waals surface area contributed by atoms with Crippen molar-refractivity contribution in [2.45, 2.75) is 45.1 Å². The first-order valence-electron chi connectivity index (χ1n) is 11.3. The number of fused-ring (bicyclic) bond motifs is 1. The summed E-state index contributed by atoms with van der Waals surface area (Å²) in [6.07, 6.45) is 1.68. The van der Waals surface area contributed by atoms with Gasteiger partial charge in [-0.25, -0.2) is 13.1 Å². The van der Waals surface area contributed by atoms with Gasteiger partial charge in [0.1, 0.15) is 0 Å². The Morgan fingerprint density at radius 1 is 0.970 bits per heavy atom. The van der Waals surface area contributed by atoms with Crippen molar-refractivity contribution < 1.29 is 13.2 Å². The molecular formula is C27H30N2O3S. The molecule has 0 radical (unpaired) electrons. The van der Waals surface area contributed by atoms with E-state index < -0.39 is 10.0 Å². The maximum absolute atomic E-state index is 12.9. The van der Waals surface area contributed by atoms with Crippen LogP contribution in [0.25, 0.3) is 0 Å². The molecule has 0 unspecified atom stereocenters. The molecule has 3 aromatic carbocycles. The summed E-state index contributed by atoms with van der Waals surface area (Å²) < 4.78 is 28.2. The van der Waals surface area contributed by atoms with E-state index in [9.17, 15) is 13.2 Å². The first-order valence-corrected chi connectivity index (χ1v) is 12.8. The Morgan fingerprint density at radius 3 is 2.30 bits per heavy atom. The van der Waals surface area contributed by atoms with Gasteiger partial charge < -0.3 is 4.90 Å². The first-order chi connectivity index (χ1) is 15.7. The minimum atomic E-state index is -3.60. The highest BCUT2D eigenvalue weighted by Gasteiger charge is 2.26. The minimum Gasteiger partial charge on any atom is -0.308 e. The summed E-state index contributed by atoms with van der Waals surface area (Å²) in [6, 6.07) is 20.5. The van der Waals surface area contributed by atoms with Crippen LogP contribution in [0.15, 0.2) is 71.6 Å². The van der Waals surface area contributed by atoms with Crippen molar-refractivity contribution in [3.8, 4) is 0 Å². The van der Waals surface area contributed by atoms with Crippen molar-refractivity contribution in [3.05, 3.63) is 94.5 Å². The summed E-state index contributed by atoms with van der Waals surface area (Å²) in [5.74, 6) is 0.511. The van der Waals surface area contributed by atoms with Crippen molar-refractivity contribution in [1.29, 1.82) is 0 Å². The Labute approximate surface area is 196 Å². The minimum absolute atomic E-state index is 0.0110. The van der Waals surface area contributed by atoms with E-state index in [1.165, 1.54) is 0 Å². The molecule has 0 fully saturated rings. The van der Waals surface area contributed by atoms with Crippen LogP contribution in [0.2, 0.25) is 0 Å². The summed E-state index contributed by atoms with van der Waals surface area (Å²) in [5.41, 5.74) is 5.75. The average molecular weight is 463 g/mol. The molecule has 1 N–H and O–H groups in total. The summed E-state index contributed by atoms with van der Waals surface area (Å²) >= 11 is 0.